The molecule has 0 aliphatic rings. The van der Waals surface area contributed by atoms with Crippen molar-refractivity contribution in [1.29, 1.82) is 0 Å². The number of methoxy groups -OCH3 is 1. The average Bonchev–Trinajstić information content (AvgIpc) is 2.67. The van der Waals surface area contributed by atoms with Gasteiger partial charge in [-0.25, -0.2) is 0 Å². The first-order chi connectivity index (χ1) is 13.4. The first-order valence-electron chi connectivity index (χ1n) is 9.30. The molecule has 6 nitrogen and oxygen atoms in total. The molecule has 2 aromatic rings. The zero-order valence-electron chi connectivity index (χ0n) is 16.6. The third-order valence-electron chi connectivity index (χ3n) is 4.10. The van der Waals surface area contributed by atoms with Crippen molar-refractivity contribution in [2.45, 2.75) is 39.3 Å². The Hall–Kier alpha value is -3.02. The zero-order chi connectivity index (χ0) is 20.5. The number of carboxylic acids is 1. The quantitative estimate of drug-likeness (QED) is 0.669. The smallest absolute Gasteiger partial charge is 0.303 e. The Labute approximate surface area is 165 Å². The van der Waals surface area contributed by atoms with Crippen molar-refractivity contribution in [2.75, 3.05) is 13.7 Å². The first kappa shape index (κ1) is 21.3. The number of carboxylic acid groups (broad SMARTS) is 1. The number of nitrogens with zero attached hydrogens (tertiary/aromatic N) is 1. The van der Waals surface area contributed by atoms with Gasteiger partial charge in [-0.2, -0.15) is 0 Å². The minimum Gasteiger partial charge on any atom is -0.493 e. The molecule has 0 heterocycles. The van der Waals surface area contributed by atoms with E-state index in [0.717, 1.165) is 5.56 Å². The van der Waals surface area contributed by atoms with E-state index >= 15 is 0 Å². The van der Waals surface area contributed by atoms with Gasteiger partial charge >= 0.3 is 5.97 Å². The highest BCUT2D eigenvalue weighted by atomic mass is 16.5. The van der Waals surface area contributed by atoms with Crippen LogP contribution >= 0.6 is 0 Å². The monoisotopic (exact) mass is 385 g/mol. The Kier molecular flexibility index (Phi) is 7.87. The fourth-order valence-electron chi connectivity index (χ4n) is 2.81. The van der Waals surface area contributed by atoms with Crippen molar-refractivity contribution in [3.8, 4) is 11.5 Å². The maximum atomic E-state index is 13.1. The molecule has 0 aliphatic heterocycles. The summed E-state index contributed by atoms with van der Waals surface area (Å²) in [5, 5.41) is 8.91. The molecule has 0 fully saturated rings. The lowest BCUT2D eigenvalue weighted by atomic mass is 10.1. The van der Waals surface area contributed by atoms with Crippen LogP contribution < -0.4 is 9.47 Å². The van der Waals surface area contributed by atoms with Gasteiger partial charge in [-0.3, -0.25) is 9.59 Å². The molecule has 0 saturated carbocycles. The van der Waals surface area contributed by atoms with Gasteiger partial charge in [0.15, 0.2) is 11.5 Å². The summed E-state index contributed by atoms with van der Waals surface area (Å²) in [4.78, 5) is 25.6. The number of benzene rings is 2. The van der Waals surface area contributed by atoms with Crippen molar-refractivity contribution >= 4 is 11.9 Å². The molecular weight excluding hydrogens is 358 g/mol. The van der Waals surface area contributed by atoms with Gasteiger partial charge in [0.05, 0.1) is 13.2 Å². The highest BCUT2D eigenvalue weighted by Crippen LogP contribution is 2.29. The molecule has 0 radical (unpaired) electrons. The Morgan fingerprint density at radius 1 is 1.07 bits per heavy atom. The van der Waals surface area contributed by atoms with Gasteiger partial charge in [0.25, 0.3) is 5.91 Å². The van der Waals surface area contributed by atoms with Crippen LogP contribution in [0.1, 0.15) is 42.6 Å². The molecule has 0 unspecified atom stereocenters. The fraction of sp³-hybridized carbons (Fsp3) is 0.364. The van der Waals surface area contributed by atoms with Crippen molar-refractivity contribution in [3.05, 3.63) is 59.7 Å². The lowest BCUT2D eigenvalue weighted by Gasteiger charge is -2.23. The molecule has 6 heteroatoms. The van der Waals surface area contributed by atoms with E-state index in [-0.39, 0.29) is 18.4 Å². The van der Waals surface area contributed by atoms with Crippen molar-refractivity contribution in [2.24, 2.45) is 0 Å². The van der Waals surface area contributed by atoms with Crippen LogP contribution in [0.5, 0.6) is 11.5 Å². The molecule has 28 heavy (non-hydrogen) atoms. The summed E-state index contributed by atoms with van der Waals surface area (Å²) in [5.41, 5.74) is 1.46. The number of ether oxygens (including phenoxy) is 2. The molecule has 0 spiro atoms. The second kappa shape index (κ2) is 10.3. The second-order valence-electron chi connectivity index (χ2n) is 6.74. The summed E-state index contributed by atoms with van der Waals surface area (Å²) in [5.74, 6) is 0.0203. The van der Waals surface area contributed by atoms with Crippen LogP contribution in [-0.4, -0.2) is 41.6 Å². The molecule has 0 bridgehead atoms. The number of aliphatic carboxylic acids is 1. The van der Waals surface area contributed by atoms with Gasteiger partial charge in [0, 0.05) is 25.1 Å². The summed E-state index contributed by atoms with van der Waals surface area (Å²) >= 11 is 0. The van der Waals surface area contributed by atoms with Gasteiger partial charge in [-0.1, -0.05) is 30.3 Å². The number of carbonyl (C=O) groups is 2. The highest BCUT2D eigenvalue weighted by Gasteiger charge is 2.19. The van der Waals surface area contributed by atoms with E-state index in [1.807, 2.05) is 44.2 Å². The molecule has 0 saturated heterocycles. The topological polar surface area (TPSA) is 76.1 Å². The lowest BCUT2D eigenvalue weighted by molar-refractivity contribution is -0.137. The normalized spacial score (nSPS) is 10.6. The third-order valence-corrected chi connectivity index (χ3v) is 4.10. The van der Waals surface area contributed by atoms with Crippen molar-refractivity contribution in [1.82, 2.24) is 4.90 Å². The predicted molar refractivity (Wildman–Crippen MR) is 107 cm³/mol. The molecule has 1 amide bonds. The summed E-state index contributed by atoms with van der Waals surface area (Å²) in [7, 11) is 1.53. The number of rotatable bonds is 10. The maximum absolute atomic E-state index is 13.1. The van der Waals surface area contributed by atoms with Crippen molar-refractivity contribution in [3.63, 3.8) is 0 Å². The van der Waals surface area contributed by atoms with Crippen LogP contribution in [0.2, 0.25) is 0 Å². The molecule has 0 aliphatic carbocycles. The van der Waals surface area contributed by atoms with E-state index in [4.69, 9.17) is 14.6 Å². The van der Waals surface area contributed by atoms with Gasteiger partial charge in [0.2, 0.25) is 0 Å². The SMILES string of the molecule is COc1cc(C(=O)N(CCCC(=O)O)Cc2ccccc2)ccc1OC(C)C. The molecule has 150 valence electrons. The largest absolute Gasteiger partial charge is 0.493 e. The van der Waals surface area contributed by atoms with Crippen LogP contribution in [0.4, 0.5) is 0 Å². The number of hydrogen-bond acceptors (Lipinski definition) is 4. The Balaban J connectivity index is 2.23. The molecule has 0 aromatic heterocycles. The second-order valence-corrected chi connectivity index (χ2v) is 6.74. The van der Waals surface area contributed by atoms with E-state index < -0.39 is 5.97 Å². The van der Waals surface area contributed by atoms with Crippen LogP contribution in [0.25, 0.3) is 0 Å². The van der Waals surface area contributed by atoms with E-state index in [2.05, 4.69) is 0 Å². The Bertz CT molecular complexity index is 789. The van der Waals surface area contributed by atoms with Crippen LogP contribution in [0, 0.1) is 0 Å². The number of amides is 1. The van der Waals surface area contributed by atoms with Gasteiger partial charge in [0.1, 0.15) is 0 Å². The number of hydrogen-bond donors (Lipinski definition) is 1. The zero-order valence-corrected chi connectivity index (χ0v) is 16.6. The molecule has 2 aromatic carbocycles. The lowest BCUT2D eigenvalue weighted by Crippen LogP contribution is -2.32. The Morgan fingerprint density at radius 3 is 2.39 bits per heavy atom. The standard InChI is InChI=1S/C22H27NO5/c1-16(2)28-19-12-11-18(14-20(19)27-3)22(26)23(13-7-10-21(24)25)15-17-8-5-4-6-9-17/h4-6,8-9,11-12,14,16H,7,10,13,15H2,1-3H3,(H,24,25). The highest BCUT2D eigenvalue weighted by molar-refractivity contribution is 5.95. The van der Waals surface area contributed by atoms with Gasteiger partial charge < -0.3 is 19.5 Å². The minimum atomic E-state index is -0.871. The van der Waals surface area contributed by atoms with Gasteiger partial charge in [-0.15, -0.1) is 0 Å². The van der Waals surface area contributed by atoms with Crippen LogP contribution in [0.15, 0.2) is 48.5 Å². The van der Waals surface area contributed by atoms with Gasteiger partial charge in [-0.05, 0) is 44.0 Å². The predicted octanol–water partition coefficient (Wildman–Crippen LogP) is 3.99. The van der Waals surface area contributed by atoms with Crippen molar-refractivity contribution < 1.29 is 24.2 Å². The summed E-state index contributed by atoms with van der Waals surface area (Å²) < 4.78 is 11.1. The Morgan fingerprint density at radius 2 is 1.79 bits per heavy atom. The summed E-state index contributed by atoms with van der Waals surface area (Å²) in [6.07, 6.45) is 0.392. The van der Waals surface area contributed by atoms with E-state index in [0.29, 0.717) is 36.6 Å². The minimum absolute atomic E-state index is 0.0129. The van der Waals surface area contributed by atoms with E-state index in [1.165, 1.54) is 7.11 Å². The number of carbonyl (C=O) groups excluding carboxylic acids is 1. The van der Waals surface area contributed by atoms with E-state index in [1.54, 1.807) is 23.1 Å². The molecule has 0 atom stereocenters. The summed E-state index contributed by atoms with van der Waals surface area (Å²) in [6.45, 7) is 4.60. The first-order valence-corrected chi connectivity index (χ1v) is 9.30. The molecule has 1 N–H and O–H groups in total. The average molecular weight is 385 g/mol. The fourth-order valence-corrected chi connectivity index (χ4v) is 2.81. The van der Waals surface area contributed by atoms with Crippen LogP contribution in [0.3, 0.4) is 0 Å². The molecule has 2 rings (SSSR count). The summed E-state index contributed by atoms with van der Waals surface area (Å²) in [6, 6.07) is 14.7. The maximum Gasteiger partial charge on any atom is 0.303 e. The molecular formula is C22H27NO5. The third kappa shape index (κ3) is 6.30. The van der Waals surface area contributed by atoms with E-state index in [9.17, 15) is 9.59 Å². The van der Waals surface area contributed by atoms with Crippen LogP contribution in [-0.2, 0) is 11.3 Å².